The number of rotatable bonds is 7. The molecule has 5 nitrogen and oxygen atoms in total. The maximum atomic E-state index is 12.5. The van der Waals surface area contributed by atoms with Gasteiger partial charge in [0.15, 0.2) is 0 Å². The Labute approximate surface area is 121 Å². The molecule has 0 saturated heterocycles. The van der Waals surface area contributed by atoms with E-state index in [9.17, 15) is 9.59 Å². The molecule has 0 unspecified atom stereocenters. The van der Waals surface area contributed by atoms with Gasteiger partial charge in [0.25, 0.3) is 0 Å². The van der Waals surface area contributed by atoms with Gasteiger partial charge >= 0.3 is 0 Å². The van der Waals surface area contributed by atoms with Gasteiger partial charge in [0.2, 0.25) is 11.8 Å². The third-order valence-corrected chi connectivity index (χ3v) is 4.03. The van der Waals surface area contributed by atoms with E-state index in [1.165, 1.54) is 0 Å². The largest absolute Gasteiger partial charge is 0.395 e. The van der Waals surface area contributed by atoms with Crippen molar-refractivity contribution >= 4 is 11.8 Å². The van der Waals surface area contributed by atoms with Crippen molar-refractivity contribution in [3.63, 3.8) is 0 Å². The molecule has 0 bridgehead atoms. The number of likely N-dealkylation sites (N-methyl/N-ethyl adjacent to an activating group) is 1. The van der Waals surface area contributed by atoms with Crippen LogP contribution in [0.1, 0.15) is 46.0 Å². The Kier molecular flexibility index (Phi) is 7.59. The molecule has 1 fully saturated rings. The Bertz CT molecular complexity index is 320. The first-order chi connectivity index (χ1) is 9.65. The average Bonchev–Trinajstić information content (AvgIpc) is 2.49. The van der Waals surface area contributed by atoms with E-state index in [1.807, 2.05) is 13.8 Å². The number of hydrogen-bond acceptors (Lipinski definition) is 3. The van der Waals surface area contributed by atoms with Crippen molar-refractivity contribution in [1.82, 2.24) is 10.2 Å². The molecule has 1 saturated carbocycles. The normalized spacial score (nSPS) is 22.4. The molecule has 2 atom stereocenters. The number of aliphatic hydroxyl groups excluding tert-OH is 1. The van der Waals surface area contributed by atoms with Crippen LogP contribution in [-0.4, -0.2) is 48.1 Å². The van der Waals surface area contributed by atoms with Gasteiger partial charge in [-0.25, -0.2) is 0 Å². The smallest absolute Gasteiger partial charge is 0.226 e. The van der Waals surface area contributed by atoms with E-state index >= 15 is 0 Å². The maximum Gasteiger partial charge on any atom is 0.226 e. The summed E-state index contributed by atoms with van der Waals surface area (Å²) in [7, 11) is 0. The molecule has 20 heavy (non-hydrogen) atoms. The van der Waals surface area contributed by atoms with E-state index in [2.05, 4.69) is 5.32 Å². The van der Waals surface area contributed by atoms with Crippen LogP contribution in [0.5, 0.6) is 0 Å². The highest BCUT2D eigenvalue weighted by molar-refractivity contribution is 5.88. The average molecular weight is 284 g/mol. The molecule has 1 aliphatic carbocycles. The Morgan fingerprint density at radius 3 is 2.40 bits per heavy atom. The van der Waals surface area contributed by atoms with E-state index in [1.54, 1.807) is 4.90 Å². The molecule has 1 aliphatic rings. The van der Waals surface area contributed by atoms with Crippen molar-refractivity contribution in [2.24, 2.45) is 11.8 Å². The molecule has 0 aromatic rings. The van der Waals surface area contributed by atoms with Crippen LogP contribution in [0.25, 0.3) is 0 Å². The lowest BCUT2D eigenvalue weighted by Gasteiger charge is -2.33. The Morgan fingerprint density at radius 2 is 1.85 bits per heavy atom. The van der Waals surface area contributed by atoms with Crippen LogP contribution in [0, 0.1) is 11.8 Å². The van der Waals surface area contributed by atoms with Gasteiger partial charge in [-0.15, -0.1) is 0 Å². The third-order valence-electron chi connectivity index (χ3n) is 4.03. The molecule has 5 heteroatoms. The maximum absolute atomic E-state index is 12.5. The first-order valence-corrected chi connectivity index (χ1v) is 7.83. The van der Waals surface area contributed by atoms with Gasteiger partial charge in [-0.3, -0.25) is 9.59 Å². The summed E-state index contributed by atoms with van der Waals surface area (Å²) in [5.74, 6) is -0.370. The summed E-state index contributed by atoms with van der Waals surface area (Å²) >= 11 is 0. The molecular weight excluding hydrogens is 256 g/mol. The Hall–Kier alpha value is -1.10. The van der Waals surface area contributed by atoms with Crippen LogP contribution < -0.4 is 5.32 Å². The van der Waals surface area contributed by atoms with Crippen molar-refractivity contribution in [2.45, 2.75) is 46.0 Å². The van der Waals surface area contributed by atoms with Gasteiger partial charge in [0.1, 0.15) is 0 Å². The SMILES string of the molecule is CCCNC(=O)[C@@H]1CCCC[C@@H]1C(=O)N(CC)CCO. The first kappa shape index (κ1) is 17.0. The van der Waals surface area contributed by atoms with Crippen molar-refractivity contribution in [2.75, 3.05) is 26.2 Å². The summed E-state index contributed by atoms with van der Waals surface area (Å²) in [5.41, 5.74) is 0. The summed E-state index contributed by atoms with van der Waals surface area (Å²) in [4.78, 5) is 26.4. The number of amides is 2. The van der Waals surface area contributed by atoms with Gasteiger partial charge in [0, 0.05) is 31.5 Å². The monoisotopic (exact) mass is 284 g/mol. The van der Waals surface area contributed by atoms with Gasteiger partial charge < -0.3 is 15.3 Å². The van der Waals surface area contributed by atoms with Crippen LogP contribution in [-0.2, 0) is 9.59 Å². The molecule has 0 heterocycles. The predicted octanol–water partition coefficient (Wildman–Crippen LogP) is 1.16. The summed E-state index contributed by atoms with van der Waals surface area (Å²) in [6.07, 6.45) is 4.50. The number of carbonyl (C=O) groups excluding carboxylic acids is 2. The molecule has 0 aromatic carbocycles. The van der Waals surface area contributed by atoms with E-state index in [0.29, 0.717) is 19.6 Å². The highest BCUT2D eigenvalue weighted by Gasteiger charge is 2.37. The van der Waals surface area contributed by atoms with Crippen LogP contribution in [0.2, 0.25) is 0 Å². The molecule has 2 amide bonds. The Morgan fingerprint density at radius 1 is 1.20 bits per heavy atom. The van der Waals surface area contributed by atoms with Crippen molar-refractivity contribution in [3.05, 3.63) is 0 Å². The minimum atomic E-state index is -0.216. The quantitative estimate of drug-likeness (QED) is 0.737. The van der Waals surface area contributed by atoms with E-state index in [0.717, 1.165) is 32.1 Å². The van der Waals surface area contributed by atoms with Crippen LogP contribution >= 0.6 is 0 Å². The molecule has 0 aliphatic heterocycles. The fourth-order valence-electron chi connectivity index (χ4n) is 2.90. The highest BCUT2D eigenvalue weighted by atomic mass is 16.3. The molecule has 0 radical (unpaired) electrons. The second-order valence-corrected chi connectivity index (χ2v) is 5.43. The topological polar surface area (TPSA) is 69.6 Å². The summed E-state index contributed by atoms with van der Waals surface area (Å²) in [5, 5.41) is 11.9. The lowest BCUT2D eigenvalue weighted by atomic mass is 9.77. The minimum absolute atomic E-state index is 0.0185. The molecule has 0 spiro atoms. The van der Waals surface area contributed by atoms with E-state index in [-0.39, 0.29) is 30.3 Å². The van der Waals surface area contributed by atoms with Crippen molar-refractivity contribution in [3.8, 4) is 0 Å². The number of aliphatic hydroxyl groups is 1. The summed E-state index contributed by atoms with van der Waals surface area (Å²) in [6.45, 7) is 5.50. The Balaban J connectivity index is 2.71. The van der Waals surface area contributed by atoms with Gasteiger partial charge in [0.05, 0.1) is 6.61 Å². The van der Waals surface area contributed by atoms with Crippen LogP contribution in [0.15, 0.2) is 0 Å². The zero-order valence-corrected chi connectivity index (χ0v) is 12.7. The van der Waals surface area contributed by atoms with Gasteiger partial charge in [-0.1, -0.05) is 19.8 Å². The third kappa shape index (κ3) is 4.47. The zero-order chi connectivity index (χ0) is 15.0. The lowest BCUT2D eigenvalue weighted by Crippen LogP contribution is -2.46. The van der Waals surface area contributed by atoms with Crippen molar-refractivity contribution < 1.29 is 14.7 Å². The zero-order valence-electron chi connectivity index (χ0n) is 12.7. The molecule has 0 aromatic heterocycles. The number of nitrogens with zero attached hydrogens (tertiary/aromatic N) is 1. The fraction of sp³-hybridized carbons (Fsp3) is 0.867. The van der Waals surface area contributed by atoms with Crippen molar-refractivity contribution in [1.29, 1.82) is 0 Å². The standard InChI is InChI=1S/C15H28N2O3/c1-3-9-16-14(19)12-7-5-6-8-13(12)15(20)17(4-2)10-11-18/h12-13,18H,3-11H2,1-2H3,(H,16,19)/t12-,13+/m1/s1. The number of nitrogens with one attached hydrogen (secondary N) is 1. The highest BCUT2D eigenvalue weighted by Crippen LogP contribution is 2.31. The van der Waals surface area contributed by atoms with Gasteiger partial charge in [-0.05, 0) is 26.2 Å². The van der Waals surface area contributed by atoms with Crippen LogP contribution in [0.4, 0.5) is 0 Å². The first-order valence-electron chi connectivity index (χ1n) is 7.83. The second kappa shape index (κ2) is 8.95. The number of hydrogen-bond donors (Lipinski definition) is 2. The van der Waals surface area contributed by atoms with E-state index < -0.39 is 0 Å². The summed E-state index contributed by atoms with van der Waals surface area (Å²) < 4.78 is 0. The van der Waals surface area contributed by atoms with Gasteiger partial charge in [-0.2, -0.15) is 0 Å². The minimum Gasteiger partial charge on any atom is -0.395 e. The predicted molar refractivity (Wildman–Crippen MR) is 78.1 cm³/mol. The lowest BCUT2D eigenvalue weighted by molar-refractivity contribution is -0.143. The number of carbonyl (C=O) groups is 2. The molecule has 116 valence electrons. The van der Waals surface area contributed by atoms with Crippen LogP contribution in [0.3, 0.4) is 0 Å². The van der Waals surface area contributed by atoms with E-state index in [4.69, 9.17) is 5.11 Å². The fourth-order valence-corrected chi connectivity index (χ4v) is 2.90. The molecular formula is C15H28N2O3. The molecule has 2 N–H and O–H groups in total. The second-order valence-electron chi connectivity index (χ2n) is 5.43. The summed E-state index contributed by atoms with van der Waals surface area (Å²) in [6, 6.07) is 0. The molecule has 1 rings (SSSR count).